The first-order chi connectivity index (χ1) is 11.4. The number of carbonyl (C=O) groups is 3. The molecular weight excluding hydrogens is 308 g/mol. The van der Waals surface area contributed by atoms with Crippen LogP contribution in [0.2, 0.25) is 0 Å². The topological polar surface area (TPSA) is 95.7 Å². The van der Waals surface area contributed by atoms with Gasteiger partial charge in [-0.2, -0.15) is 0 Å². The number of nitrogens with one attached hydrogen (secondary N) is 1. The van der Waals surface area contributed by atoms with Gasteiger partial charge in [0.25, 0.3) is 0 Å². The van der Waals surface area contributed by atoms with E-state index in [0.29, 0.717) is 19.5 Å². The van der Waals surface area contributed by atoms with Crippen LogP contribution >= 0.6 is 0 Å². The molecule has 0 aliphatic rings. The van der Waals surface area contributed by atoms with Crippen LogP contribution in [0.25, 0.3) is 0 Å². The normalized spacial score (nSPS) is 11.5. The number of primary amides is 1. The number of nitrogens with zero attached hydrogens (tertiary/aromatic N) is 2. The van der Waals surface area contributed by atoms with Gasteiger partial charge in [0.15, 0.2) is 0 Å². The molecule has 1 unspecified atom stereocenters. The Balaban J connectivity index is 2.79. The third kappa shape index (κ3) is 5.91. The number of nitrogens with two attached hydrogens (primary N) is 1. The zero-order valence-corrected chi connectivity index (χ0v) is 14.5. The molecule has 0 heterocycles. The largest absolute Gasteiger partial charge is 0.352 e. The van der Waals surface area contributed by atoms with Crippen molar-refractivity contribution in [3.05, 3.63) is 35.9 Å². The molecule has 24 heavy (non-hydrogen) atoms. The quantitative estimate of drug-likeness (QED) is 0.728. The van der Waals surface area contributed by atoms with Crippen LogP contribution in [-0.4, -0.2) is 60.4 Å². The molecule has 0 fully saturated rings. The number of carbonyl (C=O) groups excluding carboxylic acids is 3. The minimum atomic E-state index is -0.806. The predicted octanol–water partition coefficient (Wildman–Crippen LogP) is 0.593. The van der Waals surface area contributed by atoms with E-state index in [1.54, 1.807) is 11.9 Å². The van der Waals surface area contributed by atoms with E-state index in [4.69, 9.17) is 5.73 Å². The monoisotopic (exact) mass is 334 g/mol. The fourth-order valence-corrected chi connectivity index (χ4v) is 2.44. The average Bonchev–Trinajstić information content (AvgIpc) is 2.55. The van der Waals surface area contributed by atoms with Crippen molar-refractivity contribution in [2.24, 2.45) is 5.73 Å². The Morgan fingerprint density at radius 3 is 2.21 bits per heavy atom. The second kappa shape index (κ2) is 9.54. The molecule has 0 radical (unpaired) electrons. The first-order valence-corrected chi connectivity index (χ1v) is 8.01. The molecule has 0 aliphatic heterocycles. The Hall–Kier alpha value is -2.57. The van der Waals surface area contributed by atoms with Crippen molar-refractivity contribution in [1.82, 2.24) is 15.1 Å². The summed E-state index contributed by atoms with van der Waals surface area (Å²) in [6.07, 6.45) is 0.312. The summed E-state index contributed by atoms with van der Waals surface area (Å²) in [6, 6.07) is 7.74. The van der Waals surface area contributed by atoms with E-state index in [9.17, 15) is 14.4 Å². The molecule has 1 rings (SSSR count). The molecule has 1 aromatic carbocycles. The lowest BCUT2D eigenvalue weighted by molar-refractivity contribution is -0.140. The number of amides is 4. The third-order valence-corrected chi connectivity index (χ3v) is 3.76. The molecule has 1 atom stereocenters. The summed E-state index contributed by atoms with van der Waals surface area (Å²) in [6.45, 7) is 4.91. The maximum absolute atomic E-state index is 12.6. The number of hydrogen-bond donors (Lipinski definition) is 2. The van der Waals surface area contributed by atoms with Crippen LogP contribution in [0, 0.1) is 0 Å². The molecule has 0 aromatic heterocycles. The van der Waals surface area contributed by atoms with Gasteiger partial charge in [-0.3, -0.25) is 9.59 Å². The van der Waals surface area contributed by atoms with Gasteiger partial charge in [-0.1, -0.05) is 30.3 Å². The molecule has 4 amide bonds. The van der Waals surface area contributed by atoms with E-state index in [-0.39, 0.29) is 18.4 Å². The van der Waals surface area contributed by atoms with Crippen LogP contribution in [-0.2, 0) is 16.0 Å². The zero-order chi connectivity index (χ0) is 18.1. The van der Waals surface area contributed by atoms with Crippen LogP contribution in [0.15, 0.2) is 30.3 Å². The van der Waals surface area contributed by atoms with Crippen molar-refractivity contribution in [3.63, 3.8) is 0 Å². The number of benzene rings is 1. The highest BCUT2D eigenvalue weighted by Gasteiger charge is 2.25. The van der Waals surface area contributed by atoms with Crippen LogP contribution < -0.4 is 11.1 Å². The molecule has 132 valence electrons. The van der Waals surface area contributed by atoms with Gasteiger partial charge in [-0.05, 0) is 19.4 Å². The van der Waals surface area contributed by atoms with Gasteiger partial charge in [-0.25, -0.2) is 4.79 Å². The maximum atomic E-state index is 12.6. The van der Waals surface area contributed by atoms with Crippen molar-refractivity contribution in [2.45, 2.75) is 26.3 Å². The van der Waals surface area contributed by atoms with E-state index in [0.717, 1.165) is 5.56 Å². The smallest absolute Gasteiger partial charge is 0.312 e. The van der Waals surface area contributed by atoms with Gasteiger partial charge in [0, 0.05) is 26.6 Å². The Morgan fingerprint density at radius 2 is 1.71 bits per heavy atom. The van der Waals surface area contributed by atoms with Crippen LogP contribution in [0.4, 0.5) is 4.79 Å². The molecular formula is C17H26N4O3. The number of hydrogen-bond acceptors (Lipinski definition) is 3. The summed E-state index contributed by atoms with van der Waals surface area (Å²) >= 11 is 0. The van der Waals surface area contributed by atoms with Gasteiger partial charge in [0.2, 0.25) is 11.8 Å². The van der Waals surface area contributed by atoms with Gasteiger partial charge in [0.1, 0.15) is 6.04 Å². The standard InChI is InChI=1S/C17H26N4O3/c1-4-21(5-2)15(22)12-20(3)16(23)14(19-17(18)24)11-13-9-7-6-8-10-13/h6-10,14H,4-5,11-12H2,1-3H3,(H3,18,19,24). The van der Waals surface area contributed by atoms with Crippen LogP contribution in [0.3, 0.4) is 0 Å². The SMILES string of the molecule is CCN(CC)C(=O)CN(C)C(=O)C(Cc1ccccc1)NC(N)=O. The van der Waals surface area contributed by atoms with E-state index in [1.807, 2.05) is 44.2 Å². The number of likely N-dealkylation sites (N-methyl/N-ethyl adjacent to an activating group) is 2. The van der Waals surface area contributed by atoms with Crippen molar-refractivity contribution in [2.75, 3.05) is 26.7 Å². The fourth-order valence-electron chi connectivity index (χ4n) is 2.44. The molecule has 0 spiro atoms. The second-order valence-electron chi connectivity index (χ2n) is 5.51. The highest BCUT2D eigenvalue weighted by Crippen LogP contribution is 2.06. The van der Waals surface area contributed by atoms with Gasteiger partial charge >= 0.3 is 6.03 Å². The first-order valence-electron chi connectivity index (χ1n) is 8.01. The highest BCUT2D eigenvalue weighted by molar-refractivity contribution is 5.90. The number of urea groups is 1. The van der Waals surface area contributed by atoms with Gasteiger partial charge < -0.3 is 20.9 Å². The Morgan fingerprint density at radius 1 is 1.12 bits per heavy atom. The Bertz CT molecular complexity index is 558. The molecule has 7 heteroatoms. The Kier molecular flexibility index (Phi) is 7.74. The molecule has 7 nitrogen and oxygen atoms in total. The summed E-state index contributed by atoms with van der Waals surface area (Å²) in [5.74, 6) is -0.480. The van der Waals surface area contributed by atoms with Crippen molar-refractivity contribution >= 4 is 17.8 Å². The van der Waals surface area contributed by atoms with Crippen LogP contribution in [0.5, 0.6) is 0 Å². The molecule has 0 saturated carbocycles. The average molecular weight is 334 g/mol. The lowest BCUT2D eigenvalue weighted by Gasteiger charge is -2.26. The minimum absolute atomic E-state index is 0.0355. The maximum Gasteiger partial charge on any atom is 0.312 e. The van der Waals surface area contributed by atoms with E-state index in [1.165, 1.54) is 4.90 Å². The lowest BCUT2D eigenvalue weighted by atomic mass is 10.0. The summed E-state index contributed by atoms with van der Waals surface area (Å²) in [5, 5.41) is 2.46. The second-order valence-corrected chi connectivity index (χ2v) is 5.51. The van der Waals surface area contributed by atoms with Gasteiger partial charge in [-0.15, -0.1) is 0 Å². The van der Waals surface area contributed by atoms with Crippen molar-refractivity contribution < 1.29 is 14.4 Å². The van der Waals surface area contributed by atoms with Crippen molar-refractivity contribution in [3.8, 4) is 0 Å². The molecule has 0 aliphatic carbocycles. The van der Waals surface area contributed by atoms with Crippen molar-refractivity contribution in [1.29, 1.82) is 0 Å². The van der Waals surface area contributed by atoms with E-state index >= 15 is 0 Å². The molecule has 0 bridgehead atoms. The fraction of sp³-hybridized carbons (Fsp3) is 0.471. The van der Waals surface area contributed by atoms with E-state index < -0.39 is 12.1 Å². The highest BCUT2D eigenvalue weighted by atomic mass is 16.2. The summed E-state index contributed by atoms with van der Waals surface area (Å²) < 4.78 is 0. The Labute approximate surface area is 142 Å². The summed E-state index contributed by atoms with van der Waals surface area (Å²) in [5.41, 5.74) is 6.08. The van der Waals surface area contributed by atoms with Crippen LogP contribution in [0.1, 0.15) is 19.4 Å². The van der Waals surface area contributed by atoms with Gasteiger partial charge in [0.05, 0.1) is 6.54 Å². The lowest BCUT2D eigenvalue weighted by Crippen LogP contribution is -2.52. The molecule has 1 aromatic rings. The minimum Gasteiger partial charge on any atom is -0.352 e. The first kappa shape index (κ1) is 19.5. The third-order valence-electron chi connectivity index (χ3n) is 3.76. The molecule has 0 saturated heterocycles. The summed E-state index contributed by atoms with van der Waals surface area (Å²) in [4.78, 5) is 38.9. The zero-order valence-electron chi connectivity index (χ0n) is 14.5. The number of rotatable bonds is 8. The molecule has 3 N–H and O–H groups in total. The summed E-state index contributed by atoms with van der Waals surface area (Å²) in [7, 11) is 1.55. The predicted molar refractivity (Wildman–Crippen MR) is 92.2 cm³/mol. The van der Waals surface area contributed by atoms with E-state index in [2.05, 4.69) is 5.32 Å².